The highest BCUT2D eigenvalue weighted by atomic mass is 16.7. The Labute approximate surface area is 260 Å². The van der Waals surface area contributed by atoms with E-state index in [1.54, 1.807) is 57.7 Å². The number of nitrogens with zero attached hydrogens (tertiary/aromatic N) is 2. The van der Waals surface area contributed by atoms with E-state index in [1.165, 1.54) is 12.1 Å². The number of aliphatic hydroxyl groups excluding tert-OH is 1. The minimum absolute atomic E-state index is 0.130. The summed E-state index contributed by atoms with van der Waals surface area (Å²) in [5, 5.41) is 18.0. The summed E-state index contributed by atoms with van der Waals surface area (Å²) in [6, 6.07) is 13.0. The van der Waals surface area contributed by atoms with Crippen molar-refractivity contribution in [2.45, 2.75) is 19.3 Å². The van der Waals surface area contributed by atoms with Gasteiger partial charge >= 0.3 is 0 Å². The number of hydrogen-bond acceptors (Lipinski definition) is 12. The van der Waals surface area contributed by atoms with Gasteiger partial charge in [0.05, 0.1) is 35.5 Å². The highest BCUT2D eigenvalue weighted by Crippen LogP contribution is 2.22. The lowest BCUT2D eigenvalue weighted by molar-refractivity contribution is -0.0947. The molecule has 2 aromatic carbocycles. The molecule has 0 saturated carbocycles. The van der Waals surface area contributed by atoms with E-state index in [2.05, 4.69) is 22.7 Å². The summed E-state index contributed by atoms with van der Waals surface area (Å²) in [4.78, 5) is 55.2. The van der Waals surface area contributed by atoms with Crippen LogP contribution in [0.5, 0.6) is 0 Å². The van der Waals surface area contributed by atoms with Gasteiger partial charge in [0.25, 0.3) is 23.6 Å². The fraction of sp³-hybridized carbons (Fsp3) is 0.400. The molecule has 0 saturated heterocycles. The number of imide groups is 2. The van der Waals surface area contributed by atoms with E-state index in [0.29, 0.717) is 37.4 Å². The molecule has 0 atom stereocenters. The maximum atomic E-state index is 11.8. The summed E-state index contributed by atoms with van der Waals surface area (Å²) in [6.07, 6.45) is 2.24. The first-order valence-corrected chi connectivity index (χ1v) is 13.5. The summed E-state index contributed by atoms with van der Waals surface area (Å²) in [6.45, 7) is 9.00. The molecule has 14 heteroatoms. The second-order valence-corrected chi connectivity index (χ2v) is 8.38. The largest absolute Gasteiger partial charge is 0.396 e. The number of nitrogens with two attached hydrogens (primary N) is 1. The Bertz CT molecular complexity index is 1080. The van der Waals surface area contributed by atoms with Crippen LogP contribution in [0.1, 0.15) is 63.7 Å². The van der Waals surface area contributed by atoms with Gasteiger partial charge in [-0.25, -0.2) is 5.90 Å². The van der Waals surface area contributed by atoms with E-state index in [4.69, 9.17) is 33.5 Å². The van der Waals surface area contributed by atoms with Gasteiger partial charge in [-0.2, -0.15) is 0 Å². The van der Waals surface area contributed by atoms with E-state index < -0.39 is 23.6 Å². The van der Waals surface area contributed by atoms with Gasteiger partial charge in [0.1, 0.15) is 0 Å². The Kier molecular flexibility index (Phi) is 21.3. The number of hydrogen-bond donors (Lipinski definition) is 3. The minimum Gasteiger partial charge on any atom is -0.396 e. The third kappa shape index (κ3) is 13.2. The van der Waals surface area contributed by atoms with Crippen molar-refractivity contribution in [2.75, 3.05) is 61.0 Å². The Hall–Kier alpha value is -3.86. The molecular formula is C30H45N3O11. The van der Waals surface area contributed by atoms with Gasteiger partial charge in [0.2, 0.25) is 0 Å². The van der Waals surface area contributed by atoms with Gasteiger partial charge in [0, 0.05) is 50.7 Å². The van der Waals surface area contributed by atoms with Gasteiger partial charge in [-0.1, -0.05) is 24.3 Å². The van der Waals surface area contributed by atoms with Crippen molar-refractivity contribution >= 4 is 23.6 Å². The summed E-state index contributed by atoms with van der Waals surface area (Å²) < 4.78 is 24.2. The van der Waals surface area contributed by atoms with Crippen LogP contribution in [0.15, 0.2) is 61.7 Å². The summed E-state index contributed by atoms with van der Waals surface area (Å²) in [7, 11) is 4.86. The molecule has 0 radical (unpaired) electrons. The monoisotopic (exact) mass is 625 g/mol. The molecule has 0 bridgehead atoms. The number of aliphatic hydroxyl groups is 1. The zero-order chi connectivity index (χ0) is 35.3. The number of carbonyl (C=O) groups excluding carboxylic acids is 4. The smallest absolute Gasteiger partial charge is 0.285 e. The lowest BCUT2D eigenvalue weighted by atomic mass is 10.1. The molecule has 4 rings (SSSR count). The van der Waals surface area contributed by atoms with E-state index in [9.17, 15) is 19.2 Å². The van der Waals surface area contributed by atoms with E-state index in [1.807, 2.05) is 0 Å². The van der Waals surface area contributed by atoms with Crippen molar-refractivity contribution in [2.24, 2.45) is 5.90 Å². The van der Waals surface area contributed by atoms with Crippen LogP contribution in [-0.4, -0.2) is 105 Å². The molecular weight excluding hydrogens is 578 g/mol. The van der Waals surface area contributed by atoms with Crippen molar-refractivity contribution in [3.8, 4) is 0 Å². The molecule has 0 spiro atoms. The predicted octanol–water partition coefficient (Wildman–Crippen LogP) is 2.90. The second-order valence-electron chi connectivity index (χ2n) is 8.38. The Morgan fingerprint density at radius 3 is 1.39 bits per heavy atom. The summed E-state index contributed by atoms with van der Waals surface area (Å²) in [5.74, 6) is 2.60. The quantitative estimate of drug-likeness (QED) is 0.103. The average molecular weight is 626 g/mol. The molecule has 2 aliphatic rings. The number of benzene rings is 2. The van der Waals surface area contributed by atoms with Crippen LogP contribution in [-0.2, 0) is 23.9 Å². The maximum absolute atomic E-state index is 11.8. The molecule has 2 heterocycles. The van der Waals surface area contributed by atoms with E-state index >= 15 is 0 Å². The molecule has 0 aromatic heterocycles. The van der Waals surface area contributed by atoms with Crippen LogP contribution in [0.4, 0.5) is 0 Å². The fourth-order valence-electron chi connectivity index (χ4n) is 3.32. The highest BCUT2D eigenvalue weighted by molar-refractivity contribution is 6.21. The van der Waals surface area contributed by atoms with Crippen LogP contribution in [0.2, 0.25) is 0 Å². The van der Waals surface area contributed by atoms with Crippen LogP contribution in [0, 0.1) is 0 Å². The number of amides is 4. The molecule has 0 unspecified atom stereocenters. The molecule has 4 N–H and O–H groups in total. The number of hydroxylamine groups is 4. The molecule has 2 aromatic rings. The molecule has 0 fully saturated rings. The third-order valence-electron chi connectivity index (χ3n) is 5.36. The van der Waals surface area contributed by atoms with Crippen LogP contribution in [0.3, 0.4) is 0 Å². The SMILES string of the molecule is C=C.COCCCO.COCCCON.COCCCON1C(=O)c2ccccc2C1=O.O=C1c2ccccc2C(=O)N1O.[2H][2H]. The van der Waals surface area contributed by atoms with Gasteiger partial charge in [0.15, 0.2) is 0 Å². The molecule has 44 heavy (non-hydrogen) atoms. The number of fused-ring (bicyclic) bond motifs is 2. The number of methoxy groups -OCH3 is 3. The maximum Gasteiger partial charge on any atom is 0.285 e. The predicted molar refractivity (Wildman–Crippen MR) is 162 cm³/mol. The first kappa shape index (κ1) is 38.2. The van der Waals surface area contributed by atoms with Crippen LogP contribution >= 0.6 is 0 Å². The second kappa shape index (κ2) is 24.6. The molecule has 14 nitrogen and oxygen atoms in total. The topological polar surface area (TPSA) is 187 Å². The number of rotatable bonds is 12. The highest BCUT2D eigenvalue weighted by Gasteiger charge is 2.36. The molecule has 246 valence electrons. The third-order valence-corrected chi connectivity index (χ3v) is 5.36. The van der Waals surface area contributed by atoms with Crippen molar-refractivity contribution in [1.29, 1.82) is 0 Å². The van der Waals surface area contributed by atoms with Crippen LogP contribution in [0.25, 0.3) is 0 Å². The van der Waals surface area contributed by atoms with Crippen LogP contribution < -0.4 is 5.90 Å². The van der Waals surface area contributed by atoms with Crippen molar-refractivity contribution in [3.05, 3.63) is 83.9 Å². The fourth-order valence-corrected chi connectivity index (χ4v) is 3.32. The minimum atomic E-state index is -0.657. The van der Waals surface area contributed by atoms with E-state index in [0.717, 1.165) is 24.5 Å². The average Bonchev–Trinajstić information content (AvgIpc) is 3.48. The van der Waals surface area contributed by atoms with Crippen molar-refractivity contribution in [1.82, 2.24) is 10.1 Å². The molecule has 4 amide bonds. The normalized spacial score (nSPS) is 12.7. The zero-order valence-electron chi connectivity index (χ0n) is 27.4. The first-order chi connectivity index (χ1) is 22.3. The Morgan fingerprint density at radius 2 is 1.05 bits per heavy atom. The lowest BCUT2D eigenvalue weighted by Gasteiger charge is -2.12. The summed E-state index contributed by atoms with van der Waals surface area (Å²) in [5.41, 5.74) is 1.29. The first-order valence-electron chi connectivity index (χ1n) is 14.5. The lowest BCUT2D eigenvalue weighted by Crippen LogP contribution is -2.30. The summed E-state index contributed by atoms with van der Waals surface area (Å²) >= 11 is 0. The standard InChI is InChI=1S/C12H13NO4.C8H5NO3.C4H11NO2.C4H10O2.C2H4.H2/c1-16-7-4-8-17-13-11(14)9-5-2-3-6-10(9)12(13)15;10-7-5-3-1-2-4-6(5)8(11)9(7)12;1-6-3-2-4-7-5;1-6-4-2-3-5;1-2;/h2-3,5-6H,4,7-8H2,1H3;1-4,12H;2-5H2,1H3;5H,2-4H2,1H3;1-2H2;1H/i;;;;;1+1D. The van der Waals surface area contributed by atoms with Gasteiger partial charge < -0.3 is 24.2 Å². The number of ether oxygens (including phenoxy) is 3. The van der Waals surface area contributed by atoms with Crippen molar-refractivity contribution < 1.29 is 56.3 Å². The van der Waals surface area contributed by atoms with Crippen molar-refractivity contribution in [3.63, 3.8) is 0 Å². The number of carbonyl (C=O) groups is 4. The van der Waals surface area contributed by atoms with Gasteiger partial charge in [-0.05, 0) is 43.5 Å². The Morgan fingerprint density at radius 1 is 0.682 bits per heavy atom. The van der Waals surface area contributed by atoms with Gasteiger partial charge in [-0.3, -0.25) is 29.2 Å². The van der Waals surface area contributed by atoms with Gasteiger partial charge in [-0.15, -0.1) is 23.3 Å². The van der Waals surface area contributed by atoms with E-state index in [-0.39, 0.29) is 29.4 Å². The molecule has 2 aliphatic heterocycles. The zero-order valence-corrected chi connectivity index (χ0v) is 25.4. The Balaban J connectivity index is 0. The molecule has 0 aliphatic carbocycles.